The van der Waals surface area contributed by atoms with Gasteiger partial charge in [0.15, 0.2) is 0 Å². The fraction of sp³-hybridized carbons (Fsp3) is 0.208. The number of imidazole rings is 1. The van der Waals surface area contributed by atoms with Crippen LogP contribution in [0.2, 0.25) is 0 Å². The summed E-state index contributed by atoms with van der Waals surface area (Å²) >= 11 is 0. The highest BCUT2D eigenvalue weighted by Gasteiger charge is 2.06. The number of nitrogens with zero attached hydrogens (tertiary/aromatic N) is 2. The van der Waals surface area contributed by atoms with Crippen molar-refractivity contribution >= 4 is 16.7 Å². The molecule has 1 aromatic heterocycles. The molecule has 0 amide bonds. The number of anilines is 1. The molecule has 1 N–H and O–H groups in total. The van der Waals surface area contributed by atoms with Crippen LogP contribution in [-0.2, 0) is 6.54 Å². The molecule has 0 saturated heterocycles. The summed E-state index contributed by atoms with van der Waals surface area (Å²) in [5, 5.41) is 3.47. The molecule has 0 aliphatic carbocycles. The molecule has 0 radical (unpaired) electrons. The maximum Gasteiger partial charge on any atom is 0.119 e. The van der Waals surface area contributed by atoms with Crippen molar-refractivity contribution < 1.29 is 9.47 Å². The summed E-state index contributed by atoms with van der Waals surface area (Å²) in [5.74, 6) is 1.74. The zero-order valence-corrected chi connectivity index (χ0v) is 16.9. The van der Waals surface area contributed by atoms with E-state index in [4.69, 9.17) is 9.47 Å². The Morgan fingerprint density at radius 1 is 0.931 bits per heavy atom. The molecule has 0 saturated carbocycles. The Morgan fingerprint density at radius 2 is 1.66 bits per heavy atom. The molecule has 0 bridgehead atoms. The third kappa shape index (κ3) is 4.35. The minimum absolute atomic E-state index is 0.184. The number of benzene rings is 3. The van der Waals surface area contributed by atoms with Gasteiger partial charge in [0.05, 0.1) is 24.2 Å². The normalized spacial score (nSPS) is 11.0. The lowest BCUT2D eigenvalue weighted by molar-refractivity contribution is 0.242. The molecule has 3 aromatic carbocycles. The molecule has 0 fully saturated rings. The Balaban J connectivity index is 1.46. The molecule has 1 heterocycles. The van der Waals surface area contributed by atoms with Crippen molar-refractivity contribution in [3.8, 4) is 17.2 Å². The van der Waals surface area contributed by atoms with E-state index in [-0.39, 0.29) is 6.10 Å². The van der Waals surface area contributed by atoms with E-state index in [1.807, 2.05) is 56.6 Å². The van der Waals surface area contributed by atoms with E-state index in [1.165, 1.54) is 5.56 Å². The largest absolute Gasteiger partial charge is 0.497 e. The van der Waals surface area contributed by atoms with Gasteiger partial charge in [-0.1, -0.05) is 12.1 Å². The number of hydrogen-bond donors (Lipinski definition) is 1. The average molecular weight is 387 g/mol. The standard InChI is InChI=1S/C24H25N3O2/c1-17(2)29-22-9-4-18(5-10-22)15-25-19-6-13-24-23(14-19)26-16-27(24)20-7-11-21(28-3)12-8-20/h4-14,16-17,25H,15H2,1-3H3. The van der Waals surface area contributed by atoms with Gasteiger partial charge in [0.25, 0.3) is 0 Å². The van der Waals surface area contributed by atoms with E-state index >= 15 is 0 Å². The van der Waals surface area contributed by atoms with Crippen LogP contribution in [0.15, 0.2) is 73.1 Å². The van der Waals surface area contributed by atoms with Gasteiger partial charge in [0.1, 0.15) is 17.8 Å². The number of methoxy groups -OCH3 is 1. The number of hydrogen-bond acceptors (Lipinski definition) is 4. The van der Waals surface area contributed by atoms with Crippen LogP contribution in [0.4, 0.5) is 5.69 Å². The van der Waals surface area contributed by atoms with Crippen LogP contribution >= 0.6 is 0 Å². The summed E-state index contributed by atoms with van der Waals surface area (Å²) in [4.78, 5) is 4.57. The van der Waals surface area contributed by atoms with E-state index < -0.39 is 0 Å². The van der Waals surface area contributed by atoms with Crippen molar-refractivity contribution in [3.63, 3.8) is 0 Å². The molecule has 5 nitrogen and oxygen atoms in total. The fourth-order valence-corrected chi connectivity index (χ4v) is 3.23. The van der Waals surface area contributed by atoms with E-state index in [0.29, 0.717) is 0 Å². The second kappa shape index (κ2) is 8.27. The van der Waals surface area contributed by atoms with Gasteiger partial charge in [-0.05, 0) is 74.0 Å². The summed E-state index contributed by atoms with van der Waals surface area (Å²) in [7, 11) is 1.67. The number of nitrogens with one attached hydrogen (secondary N) is 1. The van der Waals surface area contributed by atoms with E-state index in [0.717, 1.165) is 40.5 Å². The van der Waals surface area contributed by atoms with Crippen LogP contribution in [0.25, 0.3) is 16.7 Å². The lowest BCUT2D eigenvalue weighted by Crippen LogP contribution is -2.05. The SMILES string of the molecule is COc1ccc(-n2cnc3cc(NCc4ccc(OC(C)C)cc4)ccc32)cc1. The molecule has 0 aliphatic rings. The van der Waals surface area contributed by atoms with Gasteiger partial charge < -0.3 is 14.8 Å². The van der Waals surface area contributed by atoms with Gasteiger partial charge in [0, 0.05) is 17.9 Å². The topological polar surface area (TPSA) is 48.3 Å². The van der Waals surface area contributed by atoms with Gasteiger partial charge in [-0.15, -0.1) is 0 Å². The van der Waals surface area contributed by atoms with Crippen LogP contribution in [0.3, 0.4) is 0 Å². The van der Waals surface area contributed by atoms with E-state index in [1.54, 1.807) is 7.11 Å². The van der Waals surface area contributed by atoms with Crippen LogP contribution in [0.1, 0.15) is 19.4 Å². The highest BCUT2D eigenvalue weighted by molar-refractivity contribution is 5.81. The first-order valence-corrected chi connectivity index (χ1v) is 9.73. The molecule has 0 aliphatic heterocycles. The maximum absolute atomic E-state index is 5.69. The van der Waals surface area contributed by atoms with Gasteiger partial charge in [-0.25, -0.2) is 4.98 Å². The zero-order valence-electron chi connectivity index (χ0n) is 16.9. The average Bonchev–Trinajstić information content (AvgIpc) is 3.16. The number of aromatic nitrogens is 2. The summed E-state index contributed by atoms with van der Waals surface area (Å²) in [5.41, 5.74) is 5.31. The fourth-order valence-electron chi connectivity index (χ4n) is 3.23. The monoisotopic (exact) mass is 387 g/mol. The molecule has 148 valence electrons. The van der Waals surface area contributed by atoms with Crippen LogP contribution < -0.4 is 14.8 Å². The minimum Gasteiger partial charge on any atom is -0.497 e. The molecular weight excluding hydrogens is 362 g/mol. The van der Waals surface area contributed by atoms with Crippen molar-refractivity contribution in [2.75, 3.05) is 12.4 Å². The molecule has 4 aromatic rings. The molecule has 0 unspecified atom stereocenters. The van der Waals surface area contributed by atoms with Crippen LogP contribution in [-0.4, -0.2) is 22.8 Å². The Kier molecular flexibility index (Phi) is 5.38. The van der Waals surface area contributed by atoms with E-state index in [2.05, 4.69) is 45.2 Å². The molecule has 4 rings (SSSR count). The highest BCUT2D eigenvalue weighted by Crippen LogP contribution is 2.23. The molecule has 5 heteroatoms. The minimum atomic E-state index is 0.184. The quantitative estimate of drug-likeness (QED) is 0.459. The first-order valence-electron chi connectivity index (χ1n) is 9.73. The number of ether oxygens (including phenoxy) is 2. The predicted octanol–water partition coefficient (Wildman–Crippen LogP) is 5.43. The van der Waals surface area contributed by atoms with Crippen molar-refractivity contribution in [2.24, 2.45) is 0 Å². The Hall–Kier alpha value is -3.47. The third-order valence-electron chi connectivity index (χ3n) is 4.69. The number of rotatable bonds is 7. The van der Waals surface area contributed by atoms with Crippen LogP contribution in [0, 0.1) is 0 Å². The van der Waals surface area contributed by atoms with Gasteiger partial charge in [-0.3, -0.25) is 4.57 Å². The third-order valence-corrected chi connectivity index (χ3v) is 4.69. The van der Waals surface area contributed by atoms with Crippen LogP contribution in [0.5, 0.6) is 11.5 Å². The lowest BCUT2D eigenvalue weighted by atomic mass is 10.2. The second-order valence-electron chi connectivity index (χ2n) is 7.18. The first-order chi connectivity index (χ1) is 14.1. The summed E-state index contributed by atoms with van der Waals surface area (Å²) in [6, 6.07) is 22.4. The van der Waals surface area contributed by atoms with Crippen molar-refractivity contribution in [1.82, 2.24) is 9.55 Å². The maximum atomic E-state index is 5.69. The first kappa shape index (κ1) is 18.9. The highest BCUT2D eigenvalue weighted by atomic mass is 16.5. The number of fused-ring (bicyclic) bond motifs is 1. The summed E-state index contributed by atoms with van der Waals surface area (Å²) in [6.45, 7) is 4.80. The van der Waals surface area contributed by atoms with Gasteiger partial charge in [-0.2, -0.15) is 0 Å². The van der Waals surface area contributed by atoms with E-state index in [9.17, 15) is 0 Å². The zero-order chi connectivity index (χ0) is 20.2. The molecule has 0 atom stereocenters. The van der Waals surface area contributed by atoms with Gasteiger partial charge >= 0.3 is 0 Å². The molecule has 0 spiro atoms. The van der Waals surface area contributed by atoms with Crippen molar-refractivity contribution in [3.05, 3.63) is 78.6 Å². The van der Waals surface area contributed by atoms with Crippen molar-refractivity contribution in [1.29, 1.82) is 0 Å². The second-order valence-corrected chi connectivity index (χ2v) is 7.18. The summed E-state index contributed by atoms with van der Waals surface area (Å²) < 4.78 is 13.0. The molecular formula is C24H25N3O2. The smallest absolute Gasteiger partial charge is 0.119 e. The Bertz CT molecular complexity index is 1080. The van der Waals surface area contributed by atoms with Crippen molar-refractivity contribution in [2.45, 2.75) is 26.5 Å². The van der Waals surface area contributed by atoms with Gasteiger partial charge in [0.2, 0.25) is 0 Å². The molecule has 29 heavy (non-hydrogen) atoms. The lowest BCUT2D eigenvalue weighted by Gasteiger charge is -2.11. The Morgan fingerprint density at radius 3 is 2.34 bits per heavy atom. The Labute approximate surface area is 170 Å². The predicted molar refractivity (Wildman–Crippen MR) is 117 cm³/mol. The summed E-state index contributed by atoms with van der Waals surface area (Å²) in [6.07, 6.45) is 2.03.